The van der Waals surface area contributed by atoms with Gasteiger partial charge < -0.3 is 15.0 Å². The normalized spacial score (nSPS) is 20.4. The van der Waals surface area contributed by atoms with E-state index in [1.807, 2.05) is 18.3 Å². The van der Waals surface area contributed by atoms with Crippen molar-refractivity contribution >= 4 is 5.82 Å². The Morgan fingerprint density at radius 3 is 2.94 bits per heavy atom. The molecule has 3 rings (SSSR count). The Hall–Kier alpha value is -1.29. The van der Waals surface area contributed by atoms with Gasteiger partial charge >= 0.3 is 0 Å². The van der Waals surface area contributed by atoms with Gasteiger partial charge in [0.25, 0.3) is 0 Å². The van der Waals surface area contributed by atoms with E-state index in [-0.39, 0.29) is 0 Å². The highest BCUT2D eigenvalue weighted by molar-refractivity contribution is 5.52. The molecule has 17 heavy (non-hydrogen) atoms. The molecule has 2 fully saturated rings. The number of hydrogen-bond donors (Lipinski definition) is 1. The average molecular weight is 233 g/mol. The van der Waals surface area contributed by atoms with Gasteiger partial charge in [-0.05, 0) is 30.9 Å². The molecule has 1 aromatic heterocycles. The van der Waals surface area contributed by atoms with E-state index >= 15 is 0 Å². The zero-order valence-corrected chi connectivity index (χ0v) is 10.1. The molecule has 4 nitrogen and oxygen atoms in total. The first kappa shape index (κ1) is 10.8. The number of hydrogen-bond acceptors (Lipinski definition) is 4. The summed E-state index contributed by atoms with van der Waals surface area (Å²) in [7, 11) is 0. The third-order valence-corrected chi connectivity index (χ3v) is 3.34. The van der Waals surface area contributed by atoms with Crippen molar-refractivity contribution in [2.75, 3.05) is 37.7 Å². The Bertz CT molecular complexity index is 373. The minimum absolute atomic E-state index is 0.783. The van der Waals surface area contributed by atoms with Crippen molar-refractivity contribution in [3.05, 3.63) is 18.3 Å². The van der Waals surface area contributed by atoms with Crippen LogP contribution in [0.3, 0.4) is 0 Å². The molecule has 2 heterocycles. The standard InChI is InChI=1S/C13H19N3O/c1-2-12(17-10-11-3-4-11)13(15-5-1)16-8-6-14-7-9-16/h1-2,5,11,14H,3-4,6-10H2. The second kappa shape index (κ2) is 4.92. The first-order valence-electron chi connectivity index (χ1n) is 6.47. The van der Waals surface area contributed by atoms with Crippen LogP contribution >= 0.6 is 0 Å². The molecule has 0 unspecified atom stereocenters. The van der Waals surface area contributed by atoms with Gasteiger partial charge in [-0.1, -0.05) is 0 Å². The van der Waals surface area contributed by atoms with Crippen LogP contribution < -0.4 is 15.0 Å². The molecule has 1 saturated heterocycles. The van der Waals surface area contributed by atoms with Crippen molar-refractivity contribution in [1.82, 2.24) is 10.3 Å². The van der Waals surface area contributed by atoms with E-state index in [1.54, 1.807) is 0 Å². The van der Waals surface area contributed by atoms with Crippen molar-refractivity contribution in [2.24, 2.45) is 5.92 Å². The van der Waals surface area contributed by atoms with E-state index in [2.05, 4.69) is 15.2 Å². The summed E-state index contributed by atoms with van der Waals surface area (Å²) in [5.74, 6) is 2.74. The Morgan fingerprint density at radius 1 is 1.35 bits per heavy atom. The van der Waals surface area contributed by atoms with Gasteiger partial charge in [-0.25, -0.2) is 4.98 Å². The number of nitrogens with zero attached hydrogens (tertiary/aromatic N) is 2. The van der Waals surface area contributed by atoms with Crippen LogP contribution in [0.2, 0.25) is 0 Å². The predicted octanol–water partition coefficient (Wildman–Crippen LogP) is 1.28. The van der Waals surface area contributed by atoms with E-state index in [1.165, 1.54) is 12.8 Å². The number of ether oxygens (including phenoxy) is 1. The van der Waals surface area contributed by atoms with Crippen LogP contribution in [0.5, 0.6) is 5.75 Å². The molecular formula is C13H19N3O. The van der Waals surface area contributed by atoms with Crippen molar-refractivity contribution in [3.8, 4) is 5.75 Å². The van der Waals surface area contributed by atoms with Crippen molar-refractivity contribution in [3.63, 3.8) is 0 Å². The first-order valence-corrected chi connectivity index (χ1v) is 6.47. The Morgan fingerprint density at radius 2 is 2.18 bits per heavy atom. The molecule has 92 valence electrons. The highest BCUT2D eigenvalue weighted by Gasteiger charge is 2.23. The Kier molecular flexibility index (Phi) is 3.14. The van der Waals surface area contributed by atoms with E-state index in [9.17, 15) is 0 Å². The fourth-order valence-corrected chi connectivity index (χ4v) is 2.10. The molecular weight excluding hydrogens is 214 g/mol. The van der Waals surface area contributed by atoms with Crippen LogP contribution in [-0.2, 0) is 0 Å². The maximum atomic E-state index is 5.89. The fourth-order valence-electron chi connectivity index (χ4n) is 2.10. The third-order valence-electron chi connectivity index (χ3n) is 3.34. The molecule has 0 aromatic carbocycles. The highest BCUT2D eigenvalue weighted by Crippen LogP contribution is 2.32. The summed E-state index contributed by atoms with van der Waals surface area (Å²) in [6.45, 7) is 4.93. The van der Waals surface area contributed by atoms with Gasteiger partial charge in [0.15, 0.2) is 11.6 Å². The molecule has 0 amide bonds. The molecule has 0 radical (unpaired) electrons. The molecule has 1 saturated carbocycles. The minimum atomic E-state index is 0.783. The zero-order chi connectivity index (χ0) is 11.5. The summed E-state index contributed by atoms with van der Waals surface area (Å²) in [6, 6.07) is 3.99. The molecule has 0 atom stereocenters. The second-order valence-corrected chi connectivity index (χ2v) is 4.82. The largest absolute Gasteiger partial charge is 0.489 e. The third kappa shape index (κ3) is 2.69. The molecule has 0 spiro atoms. The van der Waals surface area contributed by atoms with Crippen LogP contribution in [0.15, 0.2) is 18.3 Å². The monoisotopic (exact) mass is 233 g/mol. The number of aromatic nitrogens is 1. The lowest BCUT2D eigenvalue weighted by Gasteiger charge is -2.29. The molecule has 4 heteroatoms. The van der Waals surface area contributed by atoms with E-state index < -0.39 is 0 Å². The number of nitrogens with one attached hydrogen (secondary N) is 1. The molecule has 1 N–H and O–H groups in total. The predicted molar refractivity (Wildman–Crippen MR) is 67.5 cm³/mol. The quantitative estimate of drug-likeness (QED) is 0.850. The summed E-state index contributed by atoms with van der Waals surface area (Å²) in [6.07, 6.45) is 4.49. The summed E-state index contributed by atoms with van der Waals surface area (Å²) in [4.78, 5) is 6.78. The van der Waals surface area contributed by atoms with Gasteiger partial charge in [0.1, 0.15) is 0 Å². The van der Waals surface area contributed by atoms with Crippen LogP contribution in [0.25, 0.3) is 0 Å². The topological polar surface area (TPSA) is 37.4 Å². The van der Waals surface area contributed by atoms with Crippen LogP contribution in [-0.4, -0.2) is 37.8 Å². The van der Waals surface area contributed by atoms with Crippen LogP contribution in [0.4, 0.5) is 5.82 Å². The summed E-state index contributed by atoms with van der Waals surface area (Å²) >= 11 is 0. The van der Waals surface area contributed by atoms with Gasteiger partial charge in [0, 0.05) is 32.4 Å². The lowest BCUT2D eigenvalue weighted by molar-refractivity contribution is 0.298. The van der Waals surface area contributed by atoms with E-state index in [0.29, 0.717) is 0 Å². The number of rotatable bonds is 4. The van der Waals surface area contributed by atoms with Crippen molar-refractivity contribution < 1.29 is 4.74 Å². The van der Waals surface area contributed by atoms with Crippen molar-refractivity contribution in [1.29, 1.82) is 0 Å². The van der Waals surface area contributed by atoms with Gasteiger partial charge in [-0.3, -0.25) is 0 Å². The summed E-state index contributed by atoms with van der Waals surface area (Å²) < 4.78 is 5.89. The molecule has 1 aliphatic heterocycles. The average Bonchev–Trinajstić information content (AvgIpc) is 3.22. The van der Waals surface area contributed by atoms with Gasteiger partial charge in [0.2, 0.25) is 0 Å². The van der Waals surface area contributed by atoms with E-state index in [0.717, 1.165) is 50.3 Å². The van der Waals surface area contributed by atoms with E-state index in [4.69, 9.17) is 4.74 Å². The highest BCUT2D eigenvalue weighted by atomic mass is 16.5. The van der Waals surface area contributed by atoms with Gasteiger partial charge in [-0.2, -0.15) is 0 Å². The van der Waals surface area contributed by atoms with Gasteiger partial charge in [0.05, 0.1) is 6.61 Å². The molecule has 1 aliphatic carbocycles. The van der Waals surface area contributed by atoms with Crippen LogP contribution in [0.1, 0.15) is 12.8 Å². The maximum absolute atomic E-state index is 5.89. The van der Waals surface area contributed by atoms with Gasteiger partial charge in [-0.15, -0.1) is 0 Å². The Balaban J connectivity index is 1.71. The maximum Gasteiger partial charge on any atom is 0.171 e. The second-order valence-electron chi connectivity index (χ2n) is 4.82. The summed E-state index contributed by atoms with van der Waals surface area (Å²) in [5, 5.41) is 3.35. The van der Waals surface area contributed by atoms with Crippen LogP contribution in [0, 0.1) is 5.92 Å². The SMILES string of the molecule is c1cnc(N2CCNCC2)c(OCC2CC2)c1. The number of pyridine rings is 1. The lowest BCUT2D eigenvalue weighted by Crippen LogP contribution is -2.44. The number of piperazine rings is 1. The molecule has 2 aliphatic rings. The smallest absolute Gasteiger partial charge is 0.171 e. The number of anilines is 1. The Labute approximate surface area is 102 Å². The summed E-state index contributed by atoms with van der Waals surface area (Å²) in [5.41, 5.74) is 0. The zero-order valence-electron chi connectivity index (χ0n) is 10.1. The lowest BCUT2D eigenvalue weighted by atomic mass is 10.3. The molecule has 1 aromatic rings. The molecule has 0 bridgehead atoms. The van der Waals surface area contributed by atoms with Crippen molar-refractivity contribution in [2.45, 2.75) is 12.8 Å². The fraction of sp³-hybridized carbons (Fsp3) is 0.615. The minimum Gasteiger partial charge on any atom is -0.489 e. The first-order chi connectivity index (χ1) is 8.43.